The topological polar surface area (TPSA) is 35.5 Å². The van der Waals surface area contributed by atoms with E-state index < -0.39 is 0 Å². The first-order valence-electron chi connectivity index (χ1n) is 6.28. The minimum atomic E-state index is -0.0346. The molecule has 3 nitrogen and oxygen atoms in total. The third-order valence-electron chi connectivity index (χ3n) is 3.73. The molecule has 96 valence electrons. The molecule has 1 fully saturated rings. The van der Waals surface area contributed by atoms with Gasteiger partial charge in [-0.2, -0.15) is 0 Å². The Morgan fingerprint density at radius 1 is 1.39 bits per heavy atom. The average molecular weight is 311 g/mol. The van der Waals surface area contributed by atoms with Crippen molar-refractivity contribution in [2.75, 3.05) is 13.2 Å². The van der Waals surface area contributed by atoms with Crippen LogP contribution in [0.25, 0.3) is 0 Å². The molecule has 1 aromatic carbocycles. The number of benzene rings is 1. The first-order chi connectivity index (χ1) is 8.66. The van der Waals surface area contributed by atoms with E-state index in [9.17, 15) is 4.79 Å². The molecule has 0 bridgehead atoms. The van der Waals surface area contributed by atoms with Crippen molar-refractivity contribution in [2.45, 2.75) is 25.9 Å². The van der Waals surface area contributed by atoms with Gasteiger partial charge in [-0.05, 0) is 31.0 Å². The van der Waals surface area contributed by atoms with E-state index in [0.29, 0.717) is 18.8 Å². The van der Waals surface area contributed by atoms with Crippen LogP contribution < -0.4 is 4.74 Å². The van der Waals surface area contributed by atoms with Gasteiger partial charge >= 0.3 is 0 Å². The van der Waals surface area contributed by atoms with Crippen molar-refractivity contribution in [1.29, 1.82) is 0 Å². The van der Waals surface area contributed by atoms with E-state index in [-0.39, 0.29) is 17.8 Å². The number of carbonyl (C=O) groups is 1. The Balaban J connectivity index is 1.99. The Bertz CT molecular complexity index is 498. The fraction of sp³-hybridized carbons (Fsp3) is 0.500. The lowest BCUT2D eigenvalue weighted by atomic mass is 9.91. The summed E-state index contributed by atoms with van der Waals surface area (Å²) in [6, 6.07) is 3.91. The lowest BCUT2D eigenvalue weighted by Gasteiger charge is -2.15. The zero-order chi connectivity index (χ0) is 12.7. The van der Waals surface area contributed by atoms with E-state index in [2.05, 4.69) is 15.9 Å². The first-order valence-corrected chi connectivity index (χ1v) is 7.07. The highest BCUT2D eigenvalue weighted by molar-refractivity contribution is 9.10. The molecule has 0 radical (unpaired) electrons. The summed E-state index contributed by atoms with van der Waals surface area (Å²) in [6.45, 7) is 3.31. The molecule has 0 spiro atoms. The summed E-state index contributed by atoms with van der Waals surface area (Å²) < 4.78 is 12.0. The number of ketones is 1. The lowest BCUT2D eigenvalue weighted by molar-refractivity contribution is 0.0761. The summed E-state index contributed by atoms with van der Waals surface area (Å²) in [4.78, 5) is 12.6. The van der Waals surface area contributed by atoms with Crippen LogP contribution in [0.2, 0.25) is 0 Å². The summed E-state index contributed by atoms with van der Waals surface area (Å²) in [5, 5.41) is 0. The molecule has 4 heteroatoms. The van der Waals surface area contributed by atoms with Crippen LogP contribution in [-0.4, -0.2) is 25.1 Å². The van der Waals surface area contributed by atoms with Gasteiger partial charge in [-0.25, -0.2) is 0 Å². The summed E-state index contributed by atoms with van der Waals surface area (Å²) >= 11 is 3.47. The quantitative estimate of drug-likeness (QED) is 0.788. The van der Waals surface area contributed by atoms with Crippen molar-refractivity contribution in [2.24, 2.45) is 5.92 Å². The molecule has 18 heavy (non-hydrogen) atoms. The first kappa shape index (κ1) is 12.2. The maximum Gasteiger partial charge on any atom is 0.172 e. The molecule has 2 aliphatic rings. The van der Waals surface area contributed by atoms with Crippen LogP contribution in [0, 0.1) is 5.92 Å². The van der Waals surface area contributed by atoms with Crippen molar-refractivity contribution in [3.8, 4) is 5.75 Å². The predicted molar refractivity (Wildman–Crippen MR) is 71.2 cm³/mol. The third kappa shape index (κ3) is 1.97. The highest BCUT2D eigenvalue weighted by atomic mass is 79.9. The van der Waals surface area contributed by atoms with Gasteiger partial charge in [0.25, 0.3) is 0 Å². The maximum absolute atomic E-state index is 12.6. The van der Waals surface area contributed by atoms with Crippen LogP contribution in [0.1, 0.15) is 29.3 Å². The fourth-order valence-corrected chi connectivity index (χ4v) is 3.23. The Labute approximate surface area is 115 Å². The highest BCUT2D eigenvalue weighted by Crippen LogP contribution is 2.36. The number of ether oxygens (including phenoxy) is 2. The normalized spacial score (nSPS) is 25.9. The van der Waals surface area contributed by atoms with Gasteiger partial charge in [0.15, 0.2) is 5.78 Å². The molecule has 2 aliphatic heterocycles. The van der Waals surface area contributed by atoms with E-state index in [1.54, 1.807) is 0 Å². The van der Waals surface area contributed by atoms with Crippen LogP contribution in [0.4, 0.5) is 0 Å². The van der Waals surface area contributed by atoms with Gasteiger partial charge in [0, 0.05) is 17.5 Å². The maximum atomic E-state index is 12.6. The van der Waals surface area contributed by atoms with Crippen molar-refractivity contribution < 1.29 is 14.3 Å². The SMILES string of the molecule is CC1OCCC1C(=O)c1cc(Br)cc2c1OCC2. The molecule has 0 aromatic heterocycles. The van der Waals surface area contributed by atoms with Gasteiger partial charge in [0.1, 0.15) is 5.75 Å². The van der Waals surface area contributed by atoms with Gasteiger partial charge in [-0.1, -0.05) is 15.9 Å². The van der Waals surface area contributed by atoms with Gasteiger partial charge in [-0.15, -0.1) is 0 Å². The van der Waals surface area contributed by atoms with Gasteiger partial charge in [-0.3, -0.25) is 4.79 Å². The van der Waals surface area contributed by atoms with Gasteiger partial charge in [0.05, 0.1) is 24.2 Å². The smallest absolute Gasteiger partial charge is 0.172 e. The molecule has 2 unspecified atom stereocenters. The monoisotopic (exact) mass is 310 g/mol. The Kier molecular flexibility index (Phi) is 3.16. The molecule has 2 heterocycles. The second-order valence-electron chi connectivity index (χ2n) is 4.88. The Hall–Kier alpha value is -0.870. The highest BCUT2D eigenvalue weighted by Gasteiger charge is 2.34. The molecule has 3 rings (SSSR count). The number of fused-ring (bicyclic) bond motifs is 1. The second-order valence-corrected chi connectivity index (χ2v) is 5.79. The molecule has 1 saturated heterocycles. The molecule has 1 aromatic rings. The van der Waals surface area contributed by atoms with E-state index in [0.717, 1.165) is 28.6 Å². The van der Waals surface area contributed by atoms with Gasteiger partial charge < -0.3 is 9.47 Å². The molecular formula is C14H15BrO3. The van der Waals surface area contributed by atoms with Crippen molar-refractivity contribution in [1.82, 2.24) is 0 Å². The largest absolute Gasteiger partial charge is 0.492 e. The number of carbonyl (C=O) groups excluding carboxylic acids is 1. The van der Waals surface area contributed by atoms with Crippen LogP contribution >= 0.6 is 15.9 Å². The van der Waals surface area contributed by atoms with E-state index >= 15 is 0 Å². The molecule has 0 aliphatic carbocycles. The standard InChI is InChI=1S/C14H15BrO3/c1-8-11(3-5-17-8)13(16)12-7-10(15)6-9-2-4-18-14(9)12/h6-8,11H,2-5H2,1H3. The molecule has 0 N–H and O–H groups in total. The molecular weight excluding hydrogens is 296 g/mol. The van der Waals surface area contributed by atoms with Crippen LogP contribution in [0.15, 0.2) is 16.6 Å². The predicted octanol–water partition coefficient (Wildman–Crippen LogP) is 2.99. The van der Waals surface area contributed by atoms with Crippen LogP contribution in [0.3, 0.4) is 0 Å². The summed E-state index contributed by atoms with van der Waals surface area (Å²) in [6.07, 6.45) is 1.70. The van der Waals surface area contributed by atoms with E-state index in [1.807, 2.05) is 19.1 Å². The average Bonchev–Trinajstić information content (AvgIpc) is 2.95. The summed E-state index contributed by atoms with van der Waals surface area (Å²) in [5.41, 5.74) is 1.83. The molecule has 0 saturated carbocycles. The van der Waals surface area contributed by atoms with Crippen LogP contribution in [-0.2, 0) is 11.2 Å². The third-order valence-corrected chi connectivity index (χ3v) is 4.18. The Morgan fingerprint density at radius 3 is 2.94 bits per heavy atom. The second kappa shape index (κ2) is 4.67. The minimum absolute atomic E-state index is 0.00790. The minimum Gasteiger partial charge on any atom is -0.492 e. The molecule has 0 amide bonds. The lowest BCUT2D eigenvalue weighted by Crippen LogP contribution is -2.22. The summed E-state index contributed by atoms with van der Waals surface area (Å²) in [7, 11) is 0. The number of halogens is 1. The zero-order valence-electron chi connectivity index (χ0n) is 10.2. The Morgan fingerprint density at radius 2 is 2.22 bits per heavy atom. The fourth-order valence-electron chi connectivity index (χ4n) is 2.73. The molecule has 2 atom stereocenters. The van der Waals surface area contributed by atoms with Crippen molar-refractivity contribution in [3.63, 3.8) is 0 Å². The number of hydrogen-bond donors (Lipinski definition) is 0. The van der Waals surface area contributed by atoms with Crippen molar-refractivity contribution >= 4 is 21.7 Å². The van der Waals surface area contributed by atoms with E-state index in [4.69, 9.17) is 9.47 Å². The van der Waals surface area contributed by atoms with Gasteiger partial charge in [0.2, 0.25) is 0 Å². The summed E-state index contributed by atoms with van der Waals surface area (Å²) in [5.74, 6) is 0.898. The number of hydrogen-bond acceptors (Lipinski definition) is 3. The van der Waals surface area contributed by atoms with Crippen LogP contribution in [0.5, 0.6) is 5.75 Å². The number of rotatable bonds is 2. The zero-order valence-corrected chi connectivity index (χ0v) is 11.8. The number of Topliss-reactive ketones (excluding diaryl/α,β-unsaturated/α-hetero) is 1. The van der Waals surface area contributed by atoms with Crippen molar-refractivity contribution in [3.05, 3.63) is 27.7 Å². The van der Waals surface area contributed by atoms with E-state index in [1.165, 1.54) is 0 Å².